The maximum atomic E-state index is 6.02. The standard InChI is InChI=1S/C65H64Si5/c1-17-48-30-49-18-20-51-33-53(40-61(38-51)66(2,3)4)22-24-55-35-57(44-63(42-55)68(8,9)10)26-28-59-37-60(47-65(46-59)70(14,15)16)29-27-58-36-56(43-64(45-58)69(11,12)13)25-23-54-34-52(21-19-50(31-48)32-49)39-62(41-54)67(5,6)7/h1,30-47H,2-16H3. The van der Waals surface area contributed by atoms with Gasteiger partial charge in [-0.25, -0.2) is 0 Å². The molecule has 0 spiro atoms. The monoisotopic (exact) mass is 984 g/mol. The van der Waals surface area contributed by atoms with Crippen LogP contribution in [0.4, 0.5) is 0 Å². The van der Waals surface area contributed by atoms with Crippen molar-refractivity contribution in [3.8, 4) is 12.3 Å². The number of terminal acetylenes is 1. The van der Waals surface area contributed by atoms with E-state index in [1.807, 2.05) is 18.2 Å². The summed E-state index contributed by atoms with van der Waals surface area (Å²) in [5, 5.41) is 17.8. The second-order valence-corrected chi connectivity index (χ2v) is 49.1. The molecular weight excluding hydrogens is 921 g/mol. The second-order valence-electron chi connectivity index (χ2n) is 23.7. The first kappa shape index (κ1) is 51.2. The average molecular weight is 986 g/mol. The summed E-state index contributed by atoms with van der Waals surface area (Å²) < 4.78 is 0. The SMILES string of the molecule is C#Cc1cc2c#cc3cc([Si](C)(C)C)cc(c#cc4cc([Si](C)(C)C)cc(c#cc5cc([Si](C)(C)C)cc(c#cc6cc([Si](C)(C)C)cc(c#cc7cc([Si](C)(C)C)cc(c#cc(c1)c2)c7)c6)c5)c4)c3. The Kier molecular flexibility index (Phi) is 14.6. The van der Waals surface area contributed by atoms with Gasteiger partial charge in [0, 0.05) is 70.2 Å². The van der Waals surface area contributed by atoms with E-state index >= 15 is 0 Å². The Bertz CT molecular complexity index is 3310. The Morgan fingerprint density at radius 3 is 0.471 bits per heavy atom. The summed E-state index contributed by atoms with van der Waals surface area (Å²) in [5.74, 6) is 2.84. The van der Waals surface area contributed by atoms with Gasteiger partial charge in [-0.05, 0) is 109 Å². The third-order valence-electron chi connectivity index (χ3n) is 12.2. The fraction of sp³-hybridized carbons (Fsp3) is 0.231. The van der Waals surface area contributed by atoms with Gasteiger partial charge in [-0.1, -0.05) is 203 Å². The van der Waals surface area contributed by atoms with E-state index in [0.717, 1.165) is 70.2 Å². The Morgan fingerprint density at radius 1 is 0.229 bits per heavy atom. The second kappa shape index (κ2) is 20.0. The number of hydrogen-bond acceptors (Lipinski definition) is 0. The minimum atomic E-state index is -1.74. The summed E-state index contributed by atoms with van der Waals surface area (Å²) in [6.07, 6.45) is 6.02. The van der Waals surface area contributed by atoms with E-state index in [-0.39, 0.29) is 0 Å². The van der Waals surface area contributed by atoms with Gasteiger partial charge in [-0.3, -0.25) is 0 Å². The first-order valence-electron chi connectivity index (χ1n) is 24.2. The zero-order valence-electron chi connectivity index (χ0n) is 44.0. The minimum Gasteiger partial charge on any atom is -0.115 e. The molecule has 0 radical (unpaired) electrons. The van der Waals surface area contributed by atoms with Crippen LogP contribution in [-0.4, -0.2) is 40.4 Å². The molecule has 0 saturated carbocycles. The number of fused-ring (bicyclic) bond motifs is 12. The summed E-state index contributed by atoms with van der Waals surface area (Å²) in [6.45, 7) is 35.6. The molecule has 7 rings (SSSR count). The molecule has 0 fully saturated rings. The number of rotatable bonds is 5. The molecule has 0 amide bonds. The Labute approximate surface area is 426 Å². The number of benzene rings is 6. The molecule has 0 heterocycles. The molecule has 0 N–H and O–H groups in total. The highest BCUT2D eigenvalue weighted by Crippen LogP contribution is 2.15. The van der Waals surface area contributed by atoms with Crippen molar-refractivity contribution < 1.29 is 0 Å². The van der Waals surface area contributed by atoms with Gasteiger partial charge >= 0.3 is 0 Å². The maximum Gasteiger partial charge on any atom is 0.0777 e. The minimum absolute atomic E-state index is 0.741. The molecule has 0 atom stereocenters. The van der Waals surface area contributed by atoms with Gasteiger partial charge in [-0.15, -0.1) is 6.42 Å². The van der Waals surface area contributed by atoms with Crippen LogP contribution in [0.5, 0.6) is 0 Å². The highest BCUT2D eigenvalue weighted by molar-refractivity contribution is 6.90. The molecule has 7 aromatic rings. The molecule has 0 aliphatic carbocycles. The molecular formula is C65H64Si5. The quantitative estimate of drug-likeness (QED) is 0.119. The molecule has 0 unspecified atom stereocenters. The molecule has 0 nitrogen and oxygen atoms in total. The van der Waals surface area contributed by atoms with Gasteiger partial charge in [0.05, 0.1) is 40.4 Å². The zero-order valence-corrected chi connectivity index (χ0v) is 49.0. The van der Waals surface area contributed by atoms with Gasteiger partial charge in [0.25, 0.3) is 0 Å². The molecule has 12 bridgehead atoms. The van der Waals surface area contributed by atoms with E-state index < -0.39 is 40.4 Å². The van der Waals surface area contributed by atoms with Crippen LogP contribution >= 0.6 is 0 Å². The first-order chi connectivity index (χ1) is 32.7. The van der Waals surface area contributed by atoms with Gasteiger partial charge in [0.2, 0.25) is 0 Å². The van der Waals surface area contributed by atoms with E-state index in [2.05, 4.69) is 268 Å². The Balaban J connectivity index is 1.60. The fourth-order valence-corrected chi connectivity index (χ4v) is 13.6. The van der Waals surface area contributed by atoms with Crippen molar-refractivity contribution in [3.05, 3.63) is 188 Å². The van der Waals surface area contributed by atoms with Crippen molar-refractivity contribution in [1.82, 2.24) is 0 Å². The molecule has 5 heteroatoms. The van der Waals surface area contributed by atoms with Crippen molar-refractivity contribution in [3.63, 3.8) is 0 Å². The Hall–Kier alpha value is -6.68. The normalized spacial score (nSPS) is 11.5. The lowest BCUT2D eigenvalue weighted by Crippen LogP contribution is -2.37. The van der Waals surface area contributed by atoms with Crippen LogP contribution in [0, 0.1) is 85.1 Å². The predicted octanol–water partition coefficient (Wildman–Crippen LogP) is 14.0. The predicted molar refractivity (Wildman–Crippen MR) is 320 cm³/mol. The highest BCUT2D eigenvalue weighted by atomic mass is 28.3. The van der Waals surface area contributed by atoms with Crippen LogP contribution in [0.25, 0.3) is 64.6 Å². The van der Waals surface area contributed by atoms with Crippen molar-refractivity contribution in [1.29, 1.82) is 0 Å². The molecule has 7 aromatic carbocycles. The lowest BCUT2D eigenvalue weighted by molar-refractivity contribution is 1.72. The summed E-state index contributed by atoms with van der Waals surface area (Å²) in [7, 11) is -8.69. The smallest absolute Gasteiger partial charge is 0.0777 e. The van der Waals surface area contributed by atoms with E-state index in [1.165, 1.54) is 25.9 Å². The number of hydrogen-bond donors (Lipinski definition) is 0. The maximum absolute atomic E-state index is 6.02. The van der Waals surface area contributed by atoms with Crippen LogP contribution < -0.4 is 25.9 Å². The molecule has 70 heavy (non-hydrogen) atoms. The van der Waals surface area contributed by atoms with Crippen LogP contribution in [0.2, 0.25) is 98.2 Å². The van der Waals surface area contributed by atoms with E-state index in [1.54, 1.807) is 0 Å². The topological polar surface area (TPSA) is 0 Å². The first-order valence-corrected chi connectivity index (χ1v) is 41.7. The lowest BCUT2D eigenvalue weighted by Gasteiger charge is -2.16. The van der Waals surface area contributed by atoms with Gasteiger partial charge < -0.3 is 0 Å². The van der Waals surface area contributed by atoms with E-state index in [9.17, 15) is 0 Å². The summed E-state index contributed by atoms with van der Waals surface area (Å²) >= 11 is 0. The fourth-order valence-electron chi connectivity index (χ4n) is 7.75. The highest BCUT2D eigenvalue weighted by Gasteiger charge is 2.20. The molecule has 0 aromatic heterocycles. The van der Waals surface area contributed by atoms with Gasteiger partial charge in [0.1, 0.15) is 0 Å². The third kappa shape index (κ3) is 13.8. The largest absolute Gasteiger partial charge is 0.115 e. The van der Waals surface area contributed by atoms with Crippen LogP contribution in [-0.2, 0) is 0 Å². The van der Waals surface area contributed by atoms with Crippen molar-refractivity contribution in [2.24, 2.45) is 0 Å². The molecule has 0 saturated heterocycles. The van der Waals surface area contributed by atoms with E-state index in [4.69, 9.17) is 6.42 Å². The van der Waals surface area contributed by atoms with E-state index in [0.29, 0.717) is 0 Å². The zero-order chi connectivity index (χ0) is 50.8. The summed E-state index contributed by atoms with van der Waals surface area (Å²) in [4.78, 5) is 0. The Morgan fingerprint density at radius 2 is 0.357 bits per heavy atom. The van der Waals surface area contributed by atoms with Crippen molar-refractivity contribution in [2.45, 2.75) is 98.2 Å². The van der Waals surface area contributed by atoms with Crippen LogP contribution in [0.1, 0.15) is 5.56 Å². The lowest BCUT2D eigenvalue weighted by atomic mass is 10.1. The van der Waals surface area contributed by atoms with Gasteiger partial charge in [-0.2, -0.15) is 0 Å². The summed E-state index contributed by atoms with van der Waals surface area (Å²) in [5.41, 5.74) is 0.741. The van der Waals surface area contributed by atoms with Crippen LogP contribution in [0.3, 0.4) is 0 Å². The molecule has 0 aliphatic rings. The third-order valence-corrected chi connectivity index (χ3v) is 22.3. The van der Waals surface area contributed by atoms with Crippen molar-refractivity contribution in [2.75, 3.05) is 0 Å². The van der Waals surface area contributed by atoms with Gasteiger partial charge in [0.15, 0.2) is 0 Å². The summed E-state index contributed by atoms with van der Waals surface area (Å²) in [6, 6.07) is 81.7. The molecule has 344 valence electrons. The molecule has 0 aliphatic heterocycles. The van der Waals surface area contributed by atoms with Crippen LogP contribution in [0.15, 0.2) is 109 Å². The van der Waals surface area contributed by atoms with Crippen molar-refractivity contribution >= 4 is 131 Å². The average Bonchev–Trinajstić information content (AvgIpc) is 3.28.